The van der Waals surface area contributed by atoms with Crippen LogP contribution in [0.15, 0.2) is 42.5 Å². The van der Waals surface area contributed by atoms with Crippen molar-refractivity contribution in [1.29, 1.82) is 0 Å². The number of carbonyl (C=O) groups excluding carboxylic acids is 1. The molecule has 3 aromatic rings. The number of aromatic nitrogens is 1. The molecule has 1 aromatic heterocycles. The standard InChI is InChI=1S/C25H29N3O2/c1-15-4-11-22-21(12-15)23(24(28(22)3)16-5-9-20(29)10-6-16)25(30)26-17-13-18-7-8-19(14-17)27(18)2/h4-6,9-12,17-19,29H,7-8,13-14H2,1-3H3,(H,26,30)/t17?,18-,19+. The van der Waals surface area contributed by atoms with Crippen LogP contribution in [0.3, 0.4) is 0 Å². The van der Waals surface area contributed by atoms with Gasteiger partial charge in [-0.15, -0.1) is 0 Å². The van der Waals surface area contributed by atoms with Crippen LogP contribution in [0.25, 0.3) is 22.2 Å². The average molecular weight is 404 g/mol. The van der Waals surface area contributed by atoms with E-state index in [1.807, 2.05) is 19.2 Å². The molecule has 0 spiro atoms. The first kappa shape index (κ1) is 19.2. The quantitative estimate of drug-likeness (QED) is 0.689. The molecule has 3 heterocycles. The molecule has 0 radical (unpaired) electrons. The largest absolute Gasteiger partial charge is 0.508 e. The number of benzene rings is 2. The van der Waals surface area contributed by atoms with Gasteiger partial charge in [0.05, 0.1) is 11.3 Å². The lowest BCUT2D eigenvalue weighted by atomic mass is 9.97. The van der Waals surface area contributed by atoms with Gasteiger partial charge in [-0.2, -0.15) is 0 Å². The van der Waals surface area contributed by atoms with Crippen LogP contribution in [0.1, 0.15) is 41.6 Å². The second kappa shape index (κ2) is 7.17. The van der Waals surface area contributed by atoms with Crippen molar-refractivity contribution in [2.75, 3.05) is 7.05 Å². The van der Waals surface area contributed by atoms with Crippen molar-refractivity contribution in [2.24, 2.45) is 7.05 Å². The van der Waals surface area contributed by atoms with E-state index in [4.69, 9.17) is 0 Å². The van der Waals surface area contributed by atoms with Gasteiger partial charge < -0.3 is 19.9 Å². The highest BCUT2D eigenvalue weighted by atomic mass is 16.3. The molecule has 5 heteroatoms. The Kier molecular flexibility index (Phi) is 4.58. The van der Waals surface area contributed by atoms with E-state index in [-0.39, 0.29) is 17.7 Å². The highest BCUT2D eigenvalue weighted by molar-refractivity contribution is 6.13. The molecule has 1 unspecified atom stereocenters. The molecule has 2 N–H and O–H groups in total. The summed E-state index contributed by atoms with van der Waals surface area (Å²) in [5, 5.41) is 14.1. The number of hydrogen-bond donors (Lipinski definition) is 2. The zero-order chi connectivity index (χ0) is 21.0. The van der Waals surface area contributed by atoms with E-state index in [2.05, 4.69) is 47.0 Å². The Morgan fingerprint density at radius 3 is 2.37 bits per heavy atom. The smallest absolute Gasteiger partial charge is 0.254 e. The number of hydrogen-bond acceptors (Lipinski definition) is 3. The third-order valence-electron chi connectivity index (χ3n) is 7.16. The summed E-state index contributed by atoms with van der Waals surface area (Å²) in [4.78, 5) is 16.1. The third-order valence-corrected chi connectivity index (χ3v) is 7.16. The van der Waals surface area contributed by atoms with Gasteiger partial charge in [-0.1, -0.05) is 11.6 Å². The summed E-state index contributed by atoms with van der Waals surface area (Å²) >= 11 is 0. The SMILES string of the molecule is Cc1ccc2c(c1)c(C(=O)NC1C[C@H]3CC[C@@H](C1)N3C)c(-c1ccc(O)cc1)n2C. The molecule has 2 bridgehead atoms. The van der Waals surface area contributed by atoms with Crippen molar-refractivity contribution in [3.8, 4) is 17.0 Å². The number of nitrogens with zero attached hydrogens (tertiary/aromatic N) is 2. The van der Waals surface area contributed by atoms with E-state index in [0.29, 0.717) is 12.1 Å². The van der Waals surface area contributed by atoms with Gasteiger partial charge in [0.2, 0.25) is 0 Å². The Hall–Kier alpha value is -2.79. The van der Waals surface area contributed by atoms with Gasteiger partial charge in [-0.05, 0) is 81.6 Å². The maximum atomic E-state index is 13.6. The fourth-order valence-corrected chi connectivity index (χ4v) is 5.53. The second-order valence-corrected chi connectivity index (χ2v) is 9.04. The zero-order valence-electron chi connectivity index (χ0n) is 17.9. The van der Waals surface area contributed by atoms with Crippen LogP contribution in [-0.2, 0) is 7.05 Å². The minimum Gasteiger partial charge on any atom is -0.508 e. The maximum absolute atomic E-state index is 13.6. The van der Waals surface area contributed by atoms with Crippen LogP contribution in [0.5, 0.6) is 5.75 Å². The predicted molar refractivity (Wildman–Crippen MR) is 120 cm³/mol. The van der Waals surface area contributed by atoms with Gasteiger partial charge in [0.1, 0.15) is 5.75 Å². The van der Waals surface area contributed by atoms with E-state index in [9.17, 15) is 9.90 Å². The molecular weight excluding hydrogens is 374 g/mol. The summed E-state index contributed by atoms with van der Waals surface area (Å²) < 4.78 is 2.09. The molecule has 30 heavy (non-hydrogen) atoms. The van der Waals surface area contributed by atoms with Gasteiger partial charge in [-0.25, -0.2) is 0 Å². The number of aryl methyl sites for hydroxylation is 2. The van der Waals surface area contributed by atoms with Crippen LogP contribution >= 0.6 is 0 Å². The van der Waals surface area contributed by atoms with Crippen LogP contribution < -0.4 is 5.32 Å². The van der Waals surface area contributed by atoms with Gasteiger partial charge in [-0.3, -0.25) is 4.79 Å². The molecule has 5 rings (SSSR count). The Labute approximate surface area is 177 Å². The van der Waals surface area contributed by atoms with Gasteiger partial charge in [0, 0.05) is 36.1 Å². The van der Waals surface area contributed by atoms with E-state index in [1.54, 1.807) is 12.1 Å². The van der Waals surface area contributed by atoms with Crippen LogP contribution in [0.4, 0.5) is 0 Å². The third kappa shape index (κ3) is 3.08. The number of phenols is 1. The molecule has 156 valence electrons. The molecule has 5 nitrogen and oxygen atoms in total. The van der Waals surface area contributed by atoms with Crippen molar-refractivity contribution in [1.82, 2.24) is 14.8 Å². The van der Waals surface area contributed by atoms with E-state index >= 15 is 0 Å². The first-order chi connectivity index (χ1) is 14.4. The molecule has 2 fully saturated rings. The maximum Gasteiger partial charge on any atom is 0.254 e. The fraction of sp³-hybridized carbons (Fsp3) is 0.400. The minimum atomic E-state index is 0.00299. The number of carbonyl (C=O) groups is 1. The summed E-state index contributed by atoms with van der Waals surface area (Å²) in [6.45, 7) is 2.06. The molecule has 2 aromatic carbocycles. The minimum absolute atomic E-state index is 0.00299. The summed E-state index contributed by atoms with van der Waals surface area (Å²) in [6.07, 6.45) is 4.52. The number of phenolic OH excluding ortho intramolecular Hbond substituents is 1. The van der Waals surface area contributed by atoms with E-state index in [0.717, 1.165) is 46.1 Å². The van der Waals surface area contributed by atoms with Crippen molar-refractivity contribution in [2.45, 2.75) is 50.7 Å². The second-order valence-electron chi connectivity index (χ2n) is 9.04. The Bertz CT molecular complexity index is 1100. The normalized spacial score (nSPS) is 23.8. The first-order valence-corrected chi connectivity index (χ1v) is 10.8. The van der Waals surface area contributed by atoms with Gasteiger partial charge in [0.15, 0.2) is 0 Å². The van der Waals surface area contributed by atoms with E-state index < -0.39 is 0 Å². The zero-order valence-corrected chi connectivity index (χ0v) is 17.9. The lowest BCUT2D eigenvalue weighted by molar-refractivity contribution is 0.0884. The predicted octanol–water partition coefficient (Wildman–Crippen LogP) is 4.21. The number of nitrogens with one attached hydrogen (secondary N) is 1. The summed E-state index contributed by atoms with van der Waals surface area (Å²) in [6, 6.07) is 14.8. The van der Waals surface area contributed by atoms with Crippen LogP contribution in [-0.4, -0.2) is 45.7 Å². The Balaban J connectivity index is 1.57. The fourth-order valence-electron chi connectivity index (χ4n) is 5.53. The van der Waals surface area contributed by atoms with Crippen molar-refractivity contribution in [3.63, 3.8) is 0 Å². The number of aromatic hydroxyl groups is 1. The van der Waals surface area contributed by atoms with Crippen LogP contribution in [0, 0.1) is 6.92 Å². The Morgan fingerprint density at radius 2 is 1.70 bits per heavy atom. The van der Waals surface area contributed by atoms with Gasteiger partial charge in [0.25, 0.3) is 5.91 Å². The van der Waals surface area contributed by atoms with Crippen molar-refractivity contribution in [3.05, 3.63) is 53.6 Å². The van der Waals surface area contributed by atoms with Crippen molar-refractivity contribution >= 4 is 16.8 Å². The molecule has 0 aliphatic carbocycles. The summed E-state index contributed by atoms with van der Waals surface area (Å²) in [5.41, 5.74) is 4.73. The highest BCUT2D eigenvalue weighted by Gasteiger charge is 2.39. The topological polar surface area (TPSA) is 57.5 Å². The molecular formula is C25H29N3O2. The van der Waals surface area contributed by atoms with Crippen molar-refractivity contribution < 1.29 is 9.90 Å². The molecule has 2 aliphatic rings. The first-order valence-electron chi connectivity index (χ1n) is 10.8. The number of amides is 1. The number of piperidine rings is 1. The lowest BCUT2D eigenvalue weighted by Crippen LogP contribution is -2.48. The average Bonchev–Trinajstić information content (AvgIpc) is 3.10. The van der Waals surface area contributed by atoms with E-state index in [1.165, 1.54) is 12.8 Å². The Morgan fingerprint density at radius 1 is 1.03 bits per heavy atom. The van der Waals surface area contributed by atoms with Gasteiger partial charge >= 0.3 is 0 Å². The summed E-state index contributed by atoms with van der Waals surface area (Å²) in [5.74, 6) is 0.226. The number of rotatable bonds is 3. The monoisotopic (exact) mass is 403 g/mol. The number of fused-ring (bicyclic) bond motifs is 3. The summed E-state index contributed by atoms with van der Waals surface area (Å²) in [7, 11) is 4.23. The highest BCUT2D eigenvalue weighted by Crippen LogP contribution is 2.37. The molecule has 2 aliphatic heterocycles. The van der Waals surface area contributed by atoms with Crippen LogP contribution in [0.2, 0.25) is 0 Å². The lowest BCUT2D eigenvalue weighted by Gasteiger charge is -2.36. The molecule has 3 atom stereocenters. The molecule has 2 saturated heterocycles. The molecule has 1 amide bonds. The molecule has 0 saturated carbocycles.